The molecule has 4 heteroatoms. The number of aliphatic hydroxyl groups excluding tert-OH is 2. The Hall–Kier alpha value is -1.39. The first-order valence-corrected chi connectivity index (χ1v) is 5.19. The SMILES string of the molecule is CCC(O)CCO.O=C(O)c1ccccc1. The van der Waals surface area contributed by atoms with Crippen LogP contribution in [0.15, 0.2) is 30.3 Å². The van der Waals surface area contributed by atoms with E-state index >= 15 is 0 Å². The zero-order valence-corrected chi connectivity index (χ0v) is 9.34. The van der Waals surface area contributed by atoms with E-state index in [4.69, 9.17) is 15.3 Å². The second kappa shape index (κ2) is 8.88. The third kappa shape index (κ3) is 6.98. The van der Waals surface area contributed by atoms with Gasteiger partial charge in [-0.3, -0.25) is 0 Å². The standard InChI is InChI=1S/C7H6O2.C5H12O2/c8-7(9)6-4-2-1-3-5-6;1-2-5(7)3-4-6/h1-5H,(H,8,9);5-7H,2-4H2,1H3. The van der Waals surface area contributed by atoms with Gasteiger partial charge in [-0.1, -0.05) is 25.1 Å². The van der Waals surface area contributed by atoms with Crippen molar-refractivity contribution >= 4 is 5.97 Å². The van der Waals surface area contributed by atoms with Crippen LogP contribution in [0.2, 0.25) is 0 Å². The van der Waals surface area contributed by atoms with Gasteiger partial charge in [0.25, 0.3) is 0 Å². The smallest absolute Gasteiger partial charge is 0.335 e. The average Bonchev–Trinajstić information content (AvgIpc) is 2.31. The molecular weight excluding hydrogens is 208 g/mol. The molecule has 0 spiro atoms. The lowest BCUT2D eigenvalue weighted by atomic mass is 10.2. The van der Waals surface area contributed by atoms with Crippen LogP contribution in [0.3, 0.4) is 0 Å². The molecule has 1 aromatic rings. The molecule has 0 heterocycles. The van der Waals surface area contributed by atoms with Crippen LogP contribution in [0.1, 0.15) is 30.1 Å². The first kappa shape index (κ1) is 14.6. The van der Waals surface area contributed by atoms with Gasteiger partial charge in [0.05, 0.1) is 11.7 Å². The van der Waals surface area contributed by atoms with Crippen molar-refractivity contribution in [2.75, 3.05) is 6.61 Å². The third-order valence-electron chi connectivity index (χ3n) is 1.95. The van der Waals surface area contributed by atoms with Crippen molar-refractivity contribution in [1.82, 2.24) is 0 Å². The van der Waals surface area contributed by atoms with Crippen LogP contribution in [-0.2, 0) is 0 Å². The van der Waals surface area contributed by atoms with Gasteiger partial charge in [-0.15, -0.1) is 0 Å². The molecule has 0 aliphatic heterocycles. The minimum Gasteiger partial charge on any atom is -0.478 e. The van der Waals surface area contributed by atoms with Gasteiger partial charge in [0.15, 0.2) is 0 Å². The van der Waals surface area contributed by atoms with Gasteiger partial charge < -0.3 is 15.3 Å². The number of carbonyl (C=O) groups is 1. The number of carboxylic acids is 1. The number of benzene rings is 1. The van der Waals surface area contributed by atoms with Crippen molar-refractivity contribution in [2.45, 2.75) is 25.9 Å². The van der Waals surface area contributed by atoms with Gasteiger partial charge in [-0.2, -0.15) is 0 Å². The first-order valence-electron chi connectivity index (χ1n) is 5.19. The van der Waals surface area contributed by atoms with E-state index in [1.807, 2.05) is 6.92 Å². The molecule has 0 aromatic heterocycles. The normalized spacial score (nSPS) is 11.2. The molecule has 1 aromatic carbocycles. The highest BCUT2D eigenvalue weighted by molar-refractivity contribution is 5.87. The third-order valence-corrected chi connectivity index (χ3v) is 1.95. The van der Waals surface area contributed by atoms with Gasteiger partial charge in [0, 0.05) is 6.61 Å². The maximum atomic E-state index is 10.2. The predicted octanol–water partition coefficient (Wildman–Crippen LogP) is 1.52. The fourth-order valence-corrected chi connectivity index (χ4v) is 0.934. The van der Waals surface area contributed by atoms with Crippen LogP contribution in [0.4, 0.5) is 0 Å². The molecule has 1 unspecified atom stereocenters. The van der Waals surface area contributed by atoms with Crippen LogP contribution < -0.4 is 0 Å². The van der Waals surface area contributed by atoms with Crippen LogP contribution in [-0.4, -0.2) is 34.0 Å². The number of aliphatic hydroxyl groups is 2. The molecule has 0 fully saturated rings. The van der Waals surface area contributed by atoms with Gasteiger partial charge in [-0.05, 0) is 25.0 Å². The minimum absolute atomic E-state index is 0.0923. The Morgan fingerprint density at radius 3 is 2.12 bits per heavy atom. The largest absolute Gasteiger partial charge is 0.478 e. The van der Waals surface area contributed by atoms with Gasteiger partial charge >= 0.3 is 5.97 Å². The molecule has 0 bridgehead atoms. The van der Waals surface area contributed by atoms with Crippen LogP contribution in [0.25, 0.3) is 0 Å². The molecule has 1 rings (SSSR count). The molecule has 0 amide bonds. The summed E-state index contributed by atoms with van der Waals surface area (Å²) in [5.41, 5.74) is 0.331. The number of rotatable bonds is 4. The van der Waals surface area contributed by atoms with E-state index in [2.05, 4.69) is 0 Å². The summed E-state index contributed by atoms with van der Waals surface area (Å²) in [6.45, 7) is 1.98. The van der Waals surface area contributed by atoms with Crippen molar-refractivity contribution in [3.63, 3.8) is 0 Å². The Morgan fingerprint density at radius 2 is 1.88 bits per heavy atom. The fraction of sp³-hybridized carbons (Fsp3) is 0.417. The summed E-state index contributed by atoms with van der Waals surface area (Å²) in [5.74, 6) is -0.879. The second-order valence-corrected chi connectivity index (χ2v) is 3.25. The highest BCUT2D eigenvalue weighted by Gasteiger charge is 1.96. The number of hydrogen-bond acceptors (Lipinski definition) is 3. The predicted molar refractivity (Wildman–Crippen MR) is 61.4 cm³/mol. The summed E-state index contributed by atoms with van der Waals surface area (Å²) in [6, 6.07) is 8.30. The Kier molecular flexibility index (Phi) is 8.11. The first-order chi connectivity index (χ1) is 7.61. The van der Waals surface area contributed by atoms with E-state index in [1.54, 1.807) is 30.3 Å². The molecule has 90 valence electrons. The Labute approximate surface area is 95.2 Å². The molecule has 0 aliphatic rings. The molecule has 16 heavy (non-hydrogen) atoms. The molecule has 0 aliphatic carbocycles. The maximum absolute atomic E-state index is 10.2. The zero-order valence-electron chi connectivity index (χ0n) is 9.34. The van der Waals surface area contributed by atoms with Crippen molar-refractivity contribution in [3.8, 4) is 0 Å². The lowest BCUT2D eigenvalue weighted by Crippen LogP contribution is -2.05. The molecule has 4 nitrogen and oxygen atoms in total. The van der Waals surface area contributed by atoms with E-state index in [1.165, 1.54) is 0 Å². The second-order valence-electron chi connectivity index (χ2n) is 3.25. The summed E-state index contributed by atoms with van der Waals surface area (Å²) in [6.07, 6.45) is 0.946. The van der Waals surface area contributed by atoms with E-state index in [0.717, 1.165) is 6.42 Å². The van der Waals surface area contributed by atoms with Crippen LogP contribution in [0, 0.1) is 0 Å². The zero-order chi connectivity index (χ0) is 12.4. The lowest BCUT2D eigenvalue weighted by Gasteiger charge is -2.01. The molecule has 1 atom stereocenters. The highest BCUT2D eigenvalue weighted by atomic mass is 16.4. The van der Waals surface area contributed by atoms with E-state index in [9.17, 15) is 4.79 Å². The lowest BCUT2D eigenvalue weighted by molar-refractivity contribution is 0.0697. The topological polar surface area (TPSA) is 77.8 Å². The van der Waals surface area contributed by atoms with Gasteiger partial charge in [0.1, 0.15) is 0 Å². The fourth-order valence-electron chi connectivity index (χ4n) is 0.934. The summed E-state index contributed by atoms with van der Waals surface area (Å²) in [5, 5.41) is 25.3. The molecule has 0 saturated carbocycles. The summed E-state index contributed by atoms with van der Waals surface area (Å²) in [4.78, 5) is 10.2. The Balaban J connectivity index is 0.000000293. The monoisotopic (exact) mass is 226 g/mol. The Bertz CT molecular complexity index is 284. The highest BCUT2D eigenvalue weighted by Crippen LogP contribution is 1.96. The van der Waals surface area contributed by atoms with Crippen LogP contribution in [0.5, 0.6) is 0 Å². The molecular formula is C12H18O4. The van der Waals surface area contributed by atoms with E-state index < -0.39 is 5.97 Å². The van der Waals surface area contributed by atoms with E-state index in [0.29, 0.717) is 12.0 Å². The van der Waals surface area contributed by atoms with Crippen molar-refractivity contribution in [1.29, 1.82) is 0 Å². The van der Waals surface area contributed by atoms with Gasteiger partial charge in [-0.25, -0.2) is 4.79 Å². The molecule has 0 saturated heterocycles. The summed E-state index contributed by atoms with van der Waals surface area (Å²) in [7, 11) is 0. The maximum Gasteiger partial charge on any atom is 0.335 e. The van der Waals surface area contributed by atoms with Crippen LogP contribution >= 0.6 is 0 Å². The van der Waals surface area contributed by atoms with Crippen molar-refractivity contribution in [2.24, 2.45) is 0 Å². The Morgan fingerprint density at radius 1 is 1.31 bits per heavy atom. The number of aromatic carboxylic acids is 1. The van der Waals surface area contributed by atoms with E-state index in [-0.39, 0.29) is 12.7 Å². The molecule has 0 radical (unpaired) electrons. The minimum atomic E-state index is -0.879. The van der Waals surface area contributed by atoms with Gasteiger partial charge in [0.2, 0.25) is 0 Å². The molecule has 3 N–H and O–H groups in total. The van der Waals surface area contributed by atoms with Crippen molar-refractivity contribution in [3.05, 3.63) is 35.9 Å². The average molecular weight is 226 g/mol. The van der Waals surface area contributed by atoms with Crippen molar-refractivity contribution < 1.29 is 20.1 Å². The summed E-state index contributed by atoms with van der Waals surface area (Å²) >= 11 is 0. The quantitative estimate of drug-likeness (QED) is 0.727. The number of carboxylic acid groups (broad SMARTS) is 1. The number of hydrogen-bond donors (Lipinski definition) is 3. The summed E-state index contributed by atoms with van der Waals surface area (Å²) < 4.78 is 0.